The Kier molecular flexibility index (Phi) is 9.80. The van der Waals surface area contributed by atoms with Crippen molar-refractivity contribution in [1.29, 1.82) is 0 Å². The van der Waals surface area contributed by atoms with E-state index >= 15 is 0 Å². The van der Waals surface area contributed by atoms with Gasteiger partial charge in [-0.2, -0.15) is 6.08 Å². The van der Waals surface area contributed by atoms with Gasteiger partial charge in [-0.15, -0.1) is 6.42 Å². The fraction of sp³-hybridized carbons (Fsp3) is 0.556. The molecule has 1 aliphatic rings. The molecular formula is C9H14ClOV-. The number of halogens is 1. The third-order valence-corrected chi connectivity index (χ3v) is 1.28. The van der Waals surface area contributed by atoms with Crippen LogP contribution in [0.5, 0.6) is 0 Å². The van der Waals surface area contributed by atoms with Crippen molar-refractivity contribution in [1.82, 2.24) is 0 Å². The van der Waals surface area contributed by atoms with E-state index in [1.165, 1.54) is 0 Å². The first-order chi connectivity index (χ1) is 5.06. The van der Waals surface area contributed by atoms with E-state index < -0.39 is 0 Å². The molecule has 1 rings (SSSR count). The summed E-state index contributed by atoms with van der Waals surface area (Å²) in [6.07, 6.45) is 10.0. The molecule has 0 aliphatic heterocycles. The average Bonchev–Trinajstić information content (AvgIpc) is 2.41. The minimum absolute atomic E-state index is 0. The number of hydrogen-bond acceptors (Lipinski definition) is 1. The topological polar surface area (TPSA) is 9.23 Å². The number of hydrogen-bond donors (Lipinski definition) is 0. The van der Waals surface area contributed by atoms with Gasteiger partial charge in [0, 0.05) is 18.6 Å². The number of allylic oxidation sites excluding steroid dienone is 4. The van der Waals surface area contributed by atoms with Gasteiger partial charge in [0.2, 0.25) is 0 Å². The van der Waals surface area contributed by atoms with Crippen LogP contribution >= 0.6 is 11.9 Å². The molecule has 1 radical (unpaired) electrons. The first-order valence-electron chi connectivity index (χ1n) is 3.58. The van der Waals surface area contributed by atoms with Crippen LogP contribution in [0.3, 0.4) is 0 Å². The molecule has 0 unspecified atom stereocenters. The zero-order valence-corrected chi connectivity index (χ0v) is 9.83. The predicted molar refractivity (Wildman–Crippen MR) is 48.3 cm³/mol. The second-order valence-electron chi connectivity index (χ2n) is 3.19. The van der Waals surface area contributed by atoms with E-state index in [1.807, 2.05) is 32.9 Å². The molecule has 0 aromatic heterocycles. The van der Waals surface area contributed by atoms with Crippen molar-refractivity contribution >= 4 is 11.9 Å². The SMILES string of the molecule is CC(C)(C)OCl.[C-]1=CC=CC1.[V]. The molecule has 0 aromatic rings. The first kappa shape index (κ1) is 14.8. The van der Waals surface area contributed by atoms with Crippen LogP contribution in [-0.4, -0.2) is 5.60 Å². The van der Waals surface area contributed by atoms with Gasteiger partial charge in [-0.25, -0.2) is 12.2 Å². The minimum atomic E-state index is -0.193. The van der Waals surface area contributed by atoms with Crippen LogP contribution in [0.1, 0.15) is 27.2 Å². The summed E-state index contributed by atoms with van der Waals surface area (Å²) >= 11 is 4.98. The molecule has 0 amide bonds. The van der Waals surface area contributed by atoms with E-state index in [9.17, 15) is 0 Å². The van der Waals surface area contributed by atoms with Crippen molar-refractivity contribution in [2.75, 3.05) is 0 Å². The van der Waals surface area contributed by atoms with Gasteiger partial charge in [0.25, 0.3) is 0 Å². The largest absolute Gasteiger partial charge is 0.273 e. The Balaban J connectivity index is 0. The maximum Gasteiger partial charge on any atom is 0.0813 e. The van der Waals surface area contributed by atoms with E-state index in [-0.39, 0.29) is 24.2 Å². The summed E-state index contributed by atoms with van der Waals surface area (Å²) in [5, 5.41) is 0. The van der Waals surface area contributed by atoms with Gasteiger partial charge >= 0.3 is 0 Å². The fourth-order valence-electron chi connectivity index (χ4n) is 0.340. The molecule has 69 valence electrons. The number of rotatable bonds is 0. The fourth-order valence-corrected chi connectivity index (χ4v) is 0.340. The molecule has 1 nitrogen and oxygen atoms in total. The summed E-state index contributed by atoms with van der Waals surface area (Å²) in [5.74, 6) is 0. The molecule has 0 saturated heterocycles. The van der Waals surface area contributed by atoms with Crippen molar-refractivity contribution in [3.8, 4) is 0 Å². The molecule has 3 heteroatoms. The van der Waals surface area contributed by atoms with Gasteiger partial charge in [0.1, 0.15) is 0 Å². The average molecular weight is 225 g/mol. The van der Waals surface area contributed by atoms with Crippen molar-refractivity contribution < 1.29 is 22.8 Å². The Morgan fingerprint density at radius 3 is 2.00 bits per heavy atom. The summed E-state index contributed by atoms with van der Waals surface area (Å²) in [7, 11) is 0. The molecule has 0 N–H and O–H groups in total. The van der Waals surface area contributed by atoms with Gasteiger partial charge in [-0.1, -0.05) is 0 Å². The van der Waals surface area contributed by atoms with Crippen molar-refractivity contribution in [2.45, 2.75) is 32.8 Å². The zero-order valence-electron chi connectivity index (χ0n) is 7.67. The quantitative estimate of drug-likeness (QED) is 0.574. The first-order valence-corrected chi connectivity index (χ1v) is 3.88. The van der Waals surface area contributed by atoms with Gasteiger partial charge in [-0.3, -0.25) is 10.4 Å². The Bertz CT molecular complexity index is 137. The van der Waals surface area contributed by atoms with Crippen LogP contribution in [-0.2, 0) is 22.8 Å². The molecule has 0 bridgehead atoms. The van der Waals surface area contributed by atoms with E-state index in [1.54, 1.807) is 0 Å². The van der Waals surface area contributed by atoms with Crippen molar-refractivity contribution in [3.63, 3.8) is 0 Å². The monoisotopic (exact) mass is 224 g/mol. The third kappa shape index (κ3) is 12.9. The Morgan fingerprint density at radius 1 is 1.42 bits per heavy atom. The summed E-state index contributed by atoms with van der Waals surface area (Å²) in [4.78, 5) is 0. The standard InChI is InChI=1S/C5H5.C4H9ClO.V/c1-2-4-5-3-1;1-4(2,3)6-5;/h1-3H,4H2;1-3H3;/q-1;;. The maximum atomic E-state index is 4.98. The molecule has 0 spiro atoms. The van der Waals surface area contributed by atoms with Crippen LogP contribution < -0.4 is 0 Å². The van der Waals surface area contributed by atoms with E-state index in [0.29, 0.717) is 0 Å². The molecule has 0 fully saturated rings. The molecule has 0 saturated carbocycles. The molecule has 0 atom stereocenters. The molecule has 0 heterocycles. The maximum absolute atomic E-state index is 4.98. The van der Waals surface area contributed by atoms with Gasteiger partial charge < -0.3 is 0 Å². The van der Waals surface area contributed by atoms with Crippen LogP contribution in [0.2, 0.25) is 0 Å². The Labute approximate surface area is 91.9 Å². The minimum Gasteiger partial charge on any atom is -0.273 e. The van der Waals surface area contributed by atoms with Crippen LogP contribution in [0.4, 0.5) is 0 Å². The normalized spacial score (nSPS) is 13.3. The molecular weight excluding hydrogens is 210 g/mol. The zero-order chi connectivity index (χ0) is 8.74. The molecule has 0 aromatic carbocycles. The van der Waals surface area contributed by atoms with Gasteiger partial charge in [0.15, 0.2) is 0 Å². The predicted octanol–water partition coefficient (Wildman–Crippen LogP) is 3.26. The Hall–Kier alpha value is 0.314. The summed E-state index contributed by atoms with van der Waals surface area (Å²) in [6.45, 7) is 5.67. The van der Waals surface area contributed by atoms with Gasteiger partial charge in [0.05, 0.1) is 17.5 Å². The summed E-state index contributed by atoms with van der Waals surface area (Å²) in [5.41, 5.74) is -0.193. The summed E-state index contributed by atoms with van der Waals surface area (Å²) < 4.78 is 4.41. The van der Waals surface area contributed by atoms with Gasteiger partial charge in [-0.05, 0) is 20.8 Å². The van der Waals surface area contributed by atoms with E-state index in [2.05, 4.69) is 16.4 Å². The van der Waals surface area contributed by atoms with Crippen LogP contribution in [0, 0.1) is 6.08 Å². The third-order valence-electron chi connectivity index (χ3n) is 0.817. The van der Waals surface area contributed by atoms with Crippen LogP contribution in [0.25, 0.3) is 0 Å². The Morgan fingerprint density at radius 2 is 1.92 bits per heavy atom. The van der Waals surface area contributed by atoms with Crippen molar-refractivity contribution in [3.05, 3.63) is 24.3 Å². The summed E-state index contributed by atoms with van der Waals surface area (Å²) in [6, 6.07) is 0. The van der Waals surface area contributed by atoms with Crippen LogP contribution in [0.15, 0.2) is 18.2 Å². The second-order valence-corrected chi connectivity index (χ2v) is 3.35. The molecule has 1 aliphatic carbocycles. The molecule has 12 heavy (non-hydrogen) atoms. The van der Waals surface area contributed by atoms with E-state index in [4.69, 9.17) is 11.9 Å². The second kappa shape index (κ2) is 7.94. The van der Waals surface area contributed by atoms with Crippen molar-refractivity contribution in [2.24, 2.45) is 0 Å². The smallest absolute Gasteiger partial charge is 0.0813 e. The van der Waals surface area contributed by atoms with E-state index in [0.717, 1.165) is 6.42 Å².